The zero-order valence-electron chi connectivity index (χ0n) is 19.9. The first-order valence-corrected chi connectivity index (χ1v) is 13.4. The first kappa shape index (κ1) is 23.4. The molecule has 0 saturated heterocycles. The Labute approximate surface area is 187 Å². The first-order chi connectivity index (χ1) is 14.8. The summed E-state index contributed by atoms with van der Waals surface area (Å²) in [5.74, 6) is 10.8. The van der Waals surface area contributed by atoms with Gasteiger partial charge in [-0.2, -0.15) is 0 Å². The number of hydrogen-bond acceptors (Lipinski definition) is 0. The van der Waals surface area contributed by atoms with Crippen molar-refractivity contribution in [2.75, 3.05) is 0 Å². The van der Waals surface area contributed by atoms with Gasteiger partial charge >= 0.3 is 0 Å². The van der Waals surface area contributed by atoms with Gasteiger partial charge in [0.1, 0.15) is 0 Å². The van der Waals surface area contributed by atoms with Crippen LogP contribution in [0.1, 0.15) is 121 Å². The zero-order valence-corrected chi connectivity index (χ0v) is 19.9. The van der Waals surface area contributed by atoms with Crippen LogP contribution in [-0.2, 0) is 6.42 Å². The van der Waals surface area contributed by atoms with Crippen LogP contribution in [0.15, 0.2) is 24.3 Å². The van der Waals surface area contributed by atoms with E-state index in [-0.39, 0.29) is 0 Å². The predicted molar refractivity (Wildman–Crippen MR) is 132 cm³/mol. The summed E-state index contributed by atoms with van der Waals surface area (Å²) in [6.45, 7) is 4.58. The second-order valence-corrected chi connectivity index (χ2v) is 10.3. The highest BCUT2D eigenvalue weighted by Gasteiger charge is 2.30. The lowest BCUT2D eigenvalue weighted by molar-refractivity contribution is 0.153. The molecule has 3 rings (SSSR count). The molecule has 0 radical (unpaired) electrons. The van der Waals surface area contributed by atoms with E-state index in [1.807, 2.05) is 0 Å². The summed E-state index contributed by atoms with van der Waals surface area (Å²) in [6, 6.07) is 9.00. The maximum Gasteiger partial charge on any atom is 0.0245 e. The Morgan fingerprint density at radius 2 is 1.33 bits per heavy atom. The van der Waals surface area contributed by atoms with E-state index < -0.39 is 0 Å². The maximum absolute atomic E-state index is 3.61. The van der Waals surface area contributed by atoms with Gasteiger partial charge in [-0.3, -0.25) is 0 Å². The molecule has 0 heteroatoms. The summed E-state index contributed by atoms with van der Waals surface area (Å²) in [6.07, 6.45) is 22.6. The van der Waals surface area contributed by atoms with Crippen LogP contribution in [0.2, 0.25) is 0 Å². The van der Waals surface area contributed by atoms with Crippen LogP contribution in [0.3, 0.4) is 0 Å². The fourth-order valence-corrected chi connectivity index (χ4v) is 5.86. The van der Waals surface area contributed by atoms with Crippen molar-refractivity contribution in [2.24, 2.45) is 23.7 Å². The highest BCUT2D eigenvalue weighted by molar-refractivity contribution is 5.36. The van der Waals surface area contributed by atoms with Crippen LogP contribution < -0.4 is 0 Å². The number of benzene rings is 1. The molecule has 166 valence electrons. The lowest BCUT2D eigenvalue weighted by atomic mass is 9.69. The Balaban J connectivity index is 1.35. The molecule has 0 atom stereocenters. The molecule has 1 aromatic rings. The summed E-state index contributed by atoms with van der Waals surface area (Å²) in [4.78, 5) is 0. The minimum Gasteiger partial charge on any atom is -0.0945 e. The Hall–Kier alpha value is -1.22. The van der Waals surface area contributed by atoms with Gasteiger partial charge in [0.2, 0.25) is 0 Å². The van der Waals surface area contributed by atoms with Gasteiger partial charge in [-0.15, -0.1) is 0 Å². The lowest BCUT2D eigenvalue weighted by Crippen LogP contribution is -2.25. The minimum atomic E-state index is 0.635. The molecule has 30 heavy (non-hydrogen) atoms. The van der Waals surface area contributed by atoms with E-state index >= 15 is 0 Å². The molecule has 2 aliphatic carbocycles. The maximum atomic E-state index is 3.61. The molecular weight excluding hydrogens is 360 g/mol. The van der Waals surface area contributed by atoms with Crippen molar-refractivity contribution in [2.45, 2.75) is 117 Å². The first-order valence-electron chi connectivity index (χ1n) is 13.4. The molecule has 0 heterocycles. The van der Waals surface area contributed by atoms with Crippen molar-refractivity contribution < 1.29 is 0 Å². The van der Waals surface area contributed by atoms with Gasteiger partial charge in [0.05, 0.1) is 0 Å². The van der Waals surface area contributed by atoms with E-state index in [0.29, 0.717) is 5.92 Å². The third-order valence-electron chi connectivity index (χ3n) is 7.99. The van der Waals surface area contributed by atoms with Crippen LogP contribution in [0.5, 0.6) is 0 Å². The smallest absolute Gasteiger partial charge is 0.0245 e. The molecule has 0 spiro atoms. The van der Waals surface area contributed by atoms with E-state index in [9.17, 15) is 0 Å². The summed E-state index contributed by atoms with van der Waals surface area (Å²) >= 11 is 0. The Morgan fingerprint density at radius 3 is 1.97 bits per heavy atom. The predicted octanol–water partition coefficient (Wildman–Crippen LogP) is 8.96. The number of hydrogen-bond donors (Lipinski definition) is 0. The fraction of sp³-hybridized carbons (Fsp3) is 0.733. The van der Waals surface area contributed by atoms with Crippen molar-refractivity contribution >= 4 is 0 Å². The highest BCUT2D eigenvalue weighted by Crippen LogP contribution is 2.42. The van der Waals surface area contributed by atoms with Crippen molar-refractivity contribution in [3.63, 3.8) is 0 Å². The van der Waals surface area contributed by atoms with E-state index in [1.54, 1.807) is 0 Å². The number of aryl methyl sites for hydroxylation is 1. The standard InChI is InChI=1S/C30H46/c1-3-5-7-8-10-26-17-21-29(22-18-26)30-23-19-28(20-24-30)16-15-27-13-11-25(12-14-27)9-6-4-2/h11-14,26,28-30H,3-10,17-24H2,1-2H3/t26-,28-,29-,30-. The molecule has 2 saturated carbocycles. The van der Waals surface area contributed by atoms with Gasteiger partial charge < -0.3 is 0 Å². The molecule has 1 aromatic carbocycles. The minimum absolute atomic E-state index is 0.635. The lowest BCUT2D eigenvalue weighted by Gasteiger charge is -2.37. The van der Waals surface area contributed by atoms with Crippen LogP contribution >= 0.6 is 0 Å². The third kappa shape index (κ3) is 7.80. The second-order valence-electron chi connectivity index (χ2n) is 10.3. The van der Waals surface area contributed by atoms with E-state index in [1.165, 1.54) is 114 Å². The van der Waals surface area contributed by atoms with Gasteiger partial charge in [0.15, 0.2) is 0 Å². The van der Waals surface area contributed by atoms with Crippen LogP contribution in [0, 0.1) is 35.5 Å². The second kappa shape index (κ2) is 13.2. The summed E-state index contributed by atoms with van der Waals surface area (Å²) in [7, 11) is 0. The Kier molecular flexibility index (Phi) is 10.4. The summed E-state index contributed by atoms with van der Waals surface area (Å²) in [5.41, 5.74) is 2.66. The van der Waals surface area contributed by atoms with Crippen LogP contribution in [0.25, 0.3) is 0 Å². The number of unbranched alkanes of at least 4 members (excludes halogenated alkanes) is 4. The Morgan fingerprint density at radius 1 is 0.700 bits per heavy atom. The molecule has 0 bridgehead atoms. The van der Waals surface area contributed by atoms with Crippen molar-refractivity contribution in [1.29, 1.82) is 0 Å². The quantitative estimate of drug-likeness (QED) is 0.283. The monoisotopic (exact) mass is 406 g/mol. The van der Waals surface area contributed by atoms with Gasteiger partial charge in [-0.05, 0) is 86.8 Å². The van der Waals surface area contributed by atoms with Crippen LogP contribution in [-0.4, -0.2) is 0 Å². The van der Waals surface area contributed by atoms with Crippen molar-refractivity contribution in [1.82, 2.24) is 0 Å². The molecule has 0 amide bonds. The zero-order chi connectivity index (χ0) is 21.0. The molecule has 0 unspecified atom stereocenters. The van der Waals surface area contributed by atoms with Gasteiger partial charge in [0.25, 0.3) is 0 Å². The van der Waals surface area contributed by atoms with E-state index in [4.69, 9.17) is 0 Å². The fourth-order valence-electron chi connectivity index (χ4n) is 5.86. The SMILES string of the molecule is CCCCCC[C@H]1CC[C@H]([C@H]2CC[C@H](C#Cc3ccc(CCCC)cc3)CC2)CC1. The summed E-state index contributed by atoms with van der Waals surface area (Å²) in [5, 5.41) is 0. The van der Waals surface area contributed by atoms with E-state index in [2.05, 4.69) is 50.0 Å². The van der Waals surface area contributed by atoms with Crippen molar-refractivity contribution in [3.05, 3.63) is 35.4 Å². The molecule has 2 aliphatic rings. The molecule has 0 aliphatic heterocycles. The van der Waals surface area contributed by atoms with Gasteiger partial charge in [-0.1, -0.05) is 89.2 Å². The summed E-state index contributed by atoms with van der Waals surface area (Å²) < 4.78 is 0. The normalized spacial score (nSPS) is 26.7. The Bertz CT molecular complexity index is 627. The molecule has 0 aromatic heterocycles. The number of rotatable bonds is 9. The molecule has 0 nitrogen and oxygen atoms in total. The van der Waals surface area contributed by atoms with E-state index in [0.717, 1.165) is 17.8 Å². The molecule has 2 fully saturated rings. The van der Waals surface area contributed by atoms with Crippen molar-refractivity contribution in [3.8, 4) is 11.8 Å². The molecular formula is C30H46. The largest absolute Gasteiger partial charge is 0.0945 e. The van der Waals surface area contributed by atoms with Gasteiger partial charge in [0, 0.05) is 11.5 Å². The van der Waals surface area contributed by atoms with Gasteiger partial charge in [-0.25, -0.2) is 0 Å². The van der Waals surface area contributed by atoms with Crippen LogP contribution in [0.4, 0.5) is 0 Å². The average molecular weight is 407 g/mol. The molecule has 0 N–H and O–H groups in total. The topological polar surface area (TPSA) is 0 Å². The third-order valence-corrected chi connectivity index (χ3v) is 7.99. The average Bonchev–Trinajstić information content (AvgIpc) is 2.81. The highest BCUT2D eigenvalue weighted by atomic mass is 14.4.